The van der Waals surface area contributed by atoms with Crippen LogP contribution in [0.15, 0.2) is 54.6 Å². The van der Waals surface area contributed by atoms with Gasteiger partial charge in [0.05, 0.1) is 17.8 Å². The summed E-state index contributed by atoms with van der Waals surface area (Å²) in [6.07, 6.45) is 2.03. The van der Waals surface area contributed by atoms with E-state index in [0.717, 1.165) is 35.7 Å². The van der Waals surface area contributed by atoms with Crippen molar-refractivity contribution in [1.29, 1.82) is 0 Å². The topological polar surface area (TPSA) is 81.7 Å². The van der Waals surface area contributed by atoms with Gasteiger partial charge >= 0.3 is 5.97 Å². The molecule has 0 bridgehead atoms. The van der Waals surface area contributed by atoms with Gasteiger partial charge in [-0.2, -0.15) is 0 Å². The SMILES string of the molecule is CN(C(=O)CCCCSC1(CC(=O)O)Nc2ccccc2N1)c1ccccc1. The molecule has 3 N–H and O–H groups in total. The zero-order valence-corrected chi connectivity index (χ0v) is 16.7. The minimum atomic E-state index is -0.861. The number of unbranched alkanes of at least 4 members (excludes halogenated alkanes) is 1. The number of carbonyl (C=O) groups is 2. The Morgan fingerprint density at radius 1 is 1.00 bits per heavy atom. The number of carboxylic acids is 1. The smallest absolute Gasteiger partial charge is 0.308 e. The van der Waals surface area contributed by atoms with Crippen LogP contribution < -0.4 is 15.5 Å². The molecule has 1 heterocycles. The highest BCUT2D eigenvalue weighted by atomic mass is 32.2. The summed E-state index contributed by atoms with van der Waals surface area (Å²) in [5, 5.41) is 15.9. The van der Waals surface area contributed by atoms with Crippen LogP contribution in [0.5, 0.6) is 0 Å². The van der Waals surface area contributed by atoms with Crippen LogP contribution in [-0.4, -0.2) is 34.8 Å². The Hall–Kier alpha value is -2.67. The van der Waals surface area contributed by atoms with Gasteiger partial charge in [-0.1, -0.05) is 30.3 Å². The number of carbonyl (C=O) groups excluding carboxylic acids is 1. The van der Waals surface area contributed by atoms with Gasteiger partial charge < -0.3 is 20.6 Å². The first-order chi connectivity index (χ1) is 13.5. The molecule has 7 heteroatoms. The predicted molar refractivity (Wildman–Crippen MR) is 115 cm³/mol. The molecule has 28 heavy (non-hydrogen) atoms. The van der Waals surface area contributed by atoms with E-state index in [1.807, 2.05) is 54.6 Å². The molecule has 0 fully saturated rings. The quantitative estimate of drug-likeness (QED) is 0.548. The summed E-state index contributed by atoms with van der Waals surface area (Å²) in [4.78, 5) is 24.6. The van der Waals surface area contributed by atoms with Gasteiger partial charge in [-0.3, -0.25) is 9.59 Å². The number of carboxylic acid groups (broad SMARTS) is 1. The van der Waals surface area contributed by atoms with Crippen LogP contribution in [-0.2, 0) is 9.59 Å². The minimum Gasteiger partial charge on any atom is -0.481 e. The van der Waals surface area contributed by atoms with E-state index < -0.39 is 11.0 Å². The number of para-hydroxylation sites is 3. The summed E-state index contributed by atoms with van der Waals surface area (Å²) in [6, 6.07) is 17.3. The number of fused-ring (bicyclic) bond motifs is 1. The van der Waals surface area contributed by atoms with Crippen molar-refractivity contribution >= 4 is 40.7 Å². The number of thioether (sulfide) groups is 1. The molecule has 2 aromatic carbocycles. The van der Waals surface area contributed by atoms with Crippen LogP contribution in [0.4, 0.5) is 17.1 Å². The van der Waals surface area contributed by atoms with Crippen LogP contribution in [0.1, 0.15) is 25.7 Å². The molecule has 148 valence electrons. The first kappa shape index (κ1) is 20.1. The van der Waals surface area contributed by atoms with Gasteiger partial charge in [-0.15, -0.1) is 11.8 Å². The minimum absolute atomic E-state index is 0.0397. The third-order valence-electron chi connectivity index (χ3n) is 4.65. The van der Waals surface area contributed by atoms with Crippen molar-refractivity contribution in [3.8, 4) is 0 Å². The summed E-state index contributed by atoms with van der Waals surface area (Å²) in [7, 11) is 1.79. The van der Waals surface area contributed by atoms with Crippen LogP contribution in [0, 0.1) is 0 Å². The third kappa shape index (κ3) is 4.98. The molecule has 3 rings (SSSR count). The second-order valence-corrected chi connectivity index (χ2v) is 8.18. The van der Waals surface area contributed by atoms with Crippen LogP contribution >= 0.6 is 11.8 Å². The second kappa shape index (κ2) is 9.01. The highest BCUT2D eigenvalue weighted by Gasteiger charge is 2.38. The number of nitrogens with zero attached hydrogens (tertiary/aromatic N) is 1. The summed E-state index contributed by atoms with van der Waals surface area (Å²) in [5.74, 6) is -0.0233. The number of aliphatic carboxylic acids is 1. The largest absolute Gasteiger partial charge is 0.481 e. The van der Waals surface area contributed by atoms with Crippen LogP contribution in [0.2, 0.25) is 0 Å². The molecule has 0 saturated heterocycles. The Bertz CT molecular complexity index is 804. The molecular weight excluding hydrogens is 374 g/mol. The number of anilines is 3. The first-order valence-corrected chi connectivity index (χ1v) is 10.3. The molecule has 0 radical (unpaired) electrons. The molecule has 2 aromatic rings. The predicted octanol–water partition coefficient (Wildman–Crippen LogP) is 4.22. The number of benzene rings is 2. The van der Waals surface area contributed by atoms with Gasteiger partial charge in [-0.05, 0) is 42.9 Å². The van der Waals surface area contributed by atoms with Gasteiger partial charge in [0, 0.05) is 19.2 Å². The molecule has 0 spiro atoms. The Kier molecular flexibility index (Phi) is 6.46. The fraction of sp³-hybridized carbons (Fsp3) is 0.333. The van der Waals surface area contributed by atoms with E-state index >= 15 is 0 Å². The summed E-state index contributed by atoms with van der Waals surface area (Å²) in [5.41, 5.74) is 2.71. The lowest BCUT2D eigenvalue weighted by Gasteiger charge is -2.28. The maximum atomic E-state index is 12.3. The van der Waals surface area contributed by atoms with E-state index in [4.69, 9.17) is 0 Å². The summed E-state index contributed by atoms with van der Waals surface area (Å²) >= 11 is 1.54. The molecule has 0 saturated carbocycles. The third-order valence-corrected chi connectivity index (χ3v) is 5.99. The van der Waals surface area contributed by atoms with Crippen molar-refractivity contribution < 1.29 is 14.7 Å². The Morgan fingerprint density at radius 2 is 1.61 bits per heavy atom. The summed E-state index contributed by atoms with van der Waals surface area (Å²) in [6.45, 7) is 0. The van der Waals surface area contributed by atoms with Crippen molar-refractivity contribution in [2.24, 2.45) is 0 Å². The van der Waals surface area contributed by atoms with E-state index in [-0.39, 0.29) is 12.3 Å². The fourth-order valence-corrected chi connectivity index (χ4v) is 4.47. The maximum Gasteiger partial charge on any atom is 0.308 e. The highest BCUT2D eigenvalue weighted by molar-refractivity contribution is 8.00. The van der Waals surface area contributed by atoms with Gasteiger partial charge in [0.15, 0.2) is 4.99 Å². The molecule has 0 unspecified atom stereocenters. The van der Waals surface area contributed by atoms with E-state index in [0.29, 0.717) is 6.42 Å². The van der Waals surface area contributed by atoms with Gasteiger partial charge in [0.1, 0.15) is 0 Å². The van der Waals surface area contributed by atoms with Gasteiger partial charge in [0.25, 0.3) is 0 Å². The lowest BCUT2D eigenvalue weighted by molar-refractivity contribution is -0.137. The number of rotatable bonds is 9. The van der Waals surface area contributed by atoms with E-state index in [1.54, 1.807) is 23.7 Å². The summed E-state index contributed by atoms with van der Waals surface area (Å²) < 4.78 is 0. The van der Waals surface area contributed by atoms with Gasteiger partial charge in [0.2, 0.25) is 5.91 Å². The zero-order valence-electron chi connectivity index (χ0n) is 15.9. The Labute approximate surface area is 169 Å². The molecule has 1 aliphatic heterocycles. The molecule has 1 aliphatic rings. The van der Waals surface area contributed by atoms with Crippen molar-refractivity contribution in [2.75, 3.05) is 28.3 Å². The fourth-order valence-electron chi connectivity index (χ4n) is 3.18. The Morgan fingerprint density at radius 3 is 2.21 bits per heavy atom. The van der Waals surface area contributed by atoms with E-state index in [9.17, 15) is 14.7 Å². The zero-order chi connectivity index (χ0) is 20.0. The monoisotopic (exact) mass is 399 g/mol. The van der Waals surface area contributed by atoms with E-state index in [1.165, 1.54) is 0 Å². The molecule has 6 nitrogen and oxygen atoms in total. The molecule has 0 atom stereocenters. The first-order valence-electron chi connectivity index (χ1n) is 9.32. The van der Waals surface area contributed by atoms with Crippen molar-refractivity contribution in [3.63, 3.8) is 0 Å². The van der Waals surface area contributed by atoms with Gasteiger partial charge in [-0.25, -0.2) is 0 Å². The number of amides is 1. The van der Waals surface area contributed by atoms with E-state index in [2.05, 4.69) is 10.6 Å². The normalized spacial score (nSPS) is 13.9. The standard InChI is InChI=1S/C21H25N3O3S/c1-24(16-9-3-2-4-10-16)19(25)13-7-8-14-28-21(15-20(26)27)22-17-11-5-6-12-18(17)23-21/h2-6,9-12,22-23H,7-8,13-15H2,1H3,(H,26,27). The number of hydrogen-bond acceptors (Lipinski definition) is 5. The molecule has 0 aromatic heterocycles. The highest BCUT2D eigenvalue weighted by Crippen LogP contribution is 2.41. The van der Waals surface area contributed by atoms with Crippen molar-refractivity contribution in [3.05, 3.63) is 54.6 Å². The molecule has 1 amide bonds. The Balaban J connectivity index is 1.47. The van der Waals surface area contributed by atoms with Crippen molar-refractivity contribution in [1.82, 2.24) is 0 Å². The van der Waals surface area contributed by atoms with Crippen LogP contribution in [0.25, 0.3) is 0 Å². The average molecular weight is 400 g/mol. The lowest BCUT2D eigenvalue weighted by atomic mass is 10.2. The maximum absolute atomic E-state index is 12.3. The lowest BCUT2D eigenvalue weighted by Crippen LogP contribution is -2.40. The molecular formula is C21H25N3O3S. The second-order valence-electron chi connectivity index (χ2n) is 6.79. The number of hydrogen-bond donors (Lipinski definition) is 3. The average Bonchev–Trinajstić information content (AvgIpc) is 3.04. The molecule has 0 aliphatic carbocycles. The number of nitrogens with one attached hydrogen (secondary N) is 2. The van der Waals surface area contributed by atoms with Crippen LogP contribution in [0.3, 0.4) is 0 Å². The van der Waals surface area contributed by atoms with Crippen molar-refractivity contribution in [2.45, 2.75) is 30.7 Å².